The van der Waals surface area contributed by atoms with Crippen molar-refractivity contribution in [3.8, 4) is 0 Å². The smallest absolute Gasteiger partial charge is 0.338 e. The predicted octanol–water partition coefficient (Wildman–Crippen LogP) is 4.07. The number of benzene rings is 1. The lowest BCUT2D eigenvalue weighted by Crippen LogP contribution is -2.31. The summed E-state index contributed by atoms with van der Waals surface area (Å²) in [6.07, 6.45) is 10.5. The average molecular weight is 391 g/mol. The number of rotatable bonds is 7. The molecule has 1 saturated carbocycles. The Morgan fingerprint density at radius 1 is 1.14 bits per heavy atom. The fourth-order valence-corrected chi connectivity index (χ4v) is 2.78. The third kappa shape index (κ3) is 7.84. The Hall–Kier alpha value is -2.80. The van der Waals surface area contributed by atoms with Crippen molar-refractivity contribution in [2.24, 2.45) is 0 Å². The highest BCUT2D eigenvalue weighted by atomic mass is 19.1. The van der Waals surface area contributed by atoms with Crippen LogP contribution in [0.2, 0.25) is 0 Å². The molecule has 5 N–H and O–H groups in total. The molecule has 2 rings (SSSR count). The van der Waals surface area contributed by atoms with Crippen molar-refractivity contribution in [3.63, 3.8) is 0 Å². The molecule has 0 bridgehead atoms. The second kappa shape index (κ2) is 12.6. The summed E-state index contributed by atoms with van der Waals surface area (Å²) in [4.78, 5) is 18.0. The van der Waals surface area contributed by atoms with E-state index in [1.165, 1.54) is 0 Å². The van der Waals surface area contributed by atoms with E-state index >= 15 is 0 Å². The number of hydroxylamine groups is 1. The number of alkyl halides is 1. The summed E-state index contributed by atoms with van der Waals surface area (Å²) in [5.41, 5.74) is 16.4. The lowest BCUT2D eigenvalue weighted by molar-refractivity contribution is -0.0503. The molecule has 7 heteroatoms. The van der Waals surface area contributed by atoms with E-state index in [9.17, 15) is 9.18 Å². The van der Waals surface area contributed by atoms with Gasteiger partial charge in [0.05, 0.1) is 24.5 Å². The molecule has 0 aliphatic heterocycles. The van der Waals surface area contributed by atoms with Crippen LogP contribution in [0, 0.1) is 0 Å². The number of halogens is 1. The Labute approximate surface area is 166 Å². The molecule has 154 valence electrons. The van der Waals surface area contributed by atoms with Gasteiger partial charge in [0.2, 0.25) is 0 Å². The Kier molecular flexibility index (Phi) is 10.4. The second-order valence-electron chi connectivity index (χ2n) is 6.26. The molecule has 0 heterocycles. The van der Waals surface area contributed by atoms with E-state index < -0.39 is 5.97 Å². The number of hydrogen-bond donors (Lipinski definition) is 3. The van der Waals surface area contributed by atoms with Gasteiger partial charge in [0.25, 0.3) is 0 Å². The monoisotopic (exact) mass is 391 g/mol. The third-order valence-corrected chi connectivity index (χ3v) is 4.14. The Morgan fingerprint density at radius 3 is 2.25 bits per heavy atom. The van der Waals surface area contributed by atoms with Crippen molar-refractivity contribution in [1.82, 2.24) is 5.48 Å². The minimum absolute atomic E-state index is 0.0712. The number of nitrogens with one attached hydrogen (secondary N) is 1. The van der Waals surface area contributed by atoms with E-state index in [-0.39, 0.29) is 12.2 Å². The lowest BCUT2D eigenvalue weighted by atomic mass is 9.95. The number of allylic oxidation sites excluding steroid dienone is 4. The van der Waals surface area contributed by atoms with Crippen molar-refractivity contribution in [3.05, 3.63) is 60.3 Å². The largest absolute Gasteiger partial charge is 0.459 e. The molecule has 1 aromatic rings. The van der Waals surface area contributed by atoms with Gasteiger partial charge in [0, 0.05) is 11.4 Å². The minimum Gasteiger partial charge on any atom is -0.459 e. The fourth-order valence-electron chi connectivity index (χ4n) is 2.78. The number of esters is 1. The highest BCUT2D eigenvalue weighted by Crippen LogP contribution is 2.25. The third-order valence-electron chi connectivity index (χ3n) is 4.14. The zero-order valence-corrected chi connectivity index (χ0v) is 16.5. The molecular formula is C21H30FN3O3. The van der Waals surface area contributed by atoms with Crippen molar-refractivity contribution in [1.29, 1.82) is 0 Å². The van der Waals surface area contributed by atoms with Crippen LogP contribution in [-0.2, 0) is 9.57 Å². The first-order valence-electron chi connectivity index (χ1n) is 9.13. The summed E-state index contributed by atoms with van der Waals surface area (Å²) < 4.78 is 15.1. The van der Waals surface area contributed by atoms with Crippen molar-refractivity contribution < 1.29 is 18.8 Å². The predicted molar refractivity (Wildman–Crippen MR) is 111 cm³/mol. The van der Waals surface area contributed by atoms with E-state index in [2.05, 4.69) is 12.1 Å². The van der Waals surface area contributed by atoms with Crippen LogP contribution in [0.1, 0.15) is 43.0 Å². The average Bonchev–Trinajstić information content (AvgIpc) is 2.70. The zero-order chi connectivity index (χ0) is 20.9. The molecule has 0 saturated heterocycles. The van der Waals surface area contributed by atoms with E-state index in [1.54, 1.807) is 24.3 Å². The summed E-state index contributed by atoms with van der Waals surface area (Å²) in [7, 11) is 0.500. The molecule has 1 aliphatic rings. The van der Waals surface area contributed by atoms with Gasteiger partial charge in [-0.15, -0.1) is 0 Å². The summed E-state index contributed by atoms with van der Waals surface area (Å²) >= 11 is 0. The first kappa shape index (κ1) is 23.2. The van der Waals surface area contributed by atoms with Crippen LogP contribution in [0.25, 0.3) is 0 Å². The first-order chi connectivity index (χ1) is 13.5. The van der Waals surface area contributed by atoms with Crippen LogP contribution < -0.4 is 16.9 Å². The van der Waals surface area contributed by atoms with Gasteiger partial charge < -0.3 is 16.2 Å². The highest BCUT2D eigenvalue weighted by Gasteiger charge is 2.25. The number of hydrogen-bond acceptors (Lipinski definition) is 6. The fraction of sp³-hybridized carbons (Fsp3) is 0.381. The van der Waals surface area contributed by atoms with Gasteiger partial charge >= 0.3 is 5.97 Å². The molecule has 0 aromatic heterocycles. The van der Waals surface area contributed by atoms with Gasteiger partial charge in [-0.1, -0.05) is 18.7 Å². The highest BCUT2D eigenvalue weighted by molar-refractivity contribution is 5.91. The van der Waals surface area contributed by atoms with E-state index in [0.717, 1.165) is 31.4 Å². The minimum atomic E-state index is -0.394. The molecular weight excluding hydrogens is 361 g/mol. The lowest BCUT2D eigenvalue weighted by Gasteiger charge is -2.28. The molecule has 0 radical (unpaired) electrons. The van der Waals surface area contributed by atoms with Gasteiger partial charge in [-0.05, 0) is 63.0 Å². The molecule has 0 amide bonds. The number of nitrogens with two attached hydrogens (primary N) is 2. The molecule has 0 unspecified atom stereocenters. The maximum Gasteiger partial charge on any atom is 0.338 e. The van der Waals surface area contributed by atoms with Gasteiger partial charge in [-0.2, -0.15) is 0 Å². The van der Waals surface area contributed by atoms with Crippen molar-refractivity contribution in [2.75, 3.05) is 18.6 Å². The van der Waals surface area contributed by atoms with Crippen molar-refractivity contribution in [2.45, 2.75) is 44.8 Å². The number of anilines is 2. The summed E-state index contributed by atoms with van der Waals surface area (Å²) in [6.45, 7) is 5.69. The maximum absolute atomic E-state index is 12.3. The molecule has 6 nitrogen and oxygen atoms in total. The van der Waals surface area contributed by atoms with Gasteiger partial charge in [-0.3, -0.25) is 14.7 Å². The van der Waals surface area contributed by atoms with E-state index in [1.807, 2.05) is 25.2 Å². The van der Waals surface area contributed by atoms with Crippen LogP contribution in [0.4, 0.5) is 15.8 Å². The number of carbonyl (C=O) groups is 1. The van der Waals surface area contributed by atoms with Crippen LogP contribution >= 0.6 is 0 Å². The van der Waals surface area contributed by atoms with Crippen LogP contribution in [0.3, 0.4) is 0 Å². The molecule has 1 fully saturated rings. The standard InChI is InChI=1S/C20H27N3O3.CH3F/c1-3-5-6-17(4-2)23-26-19-9-7-18(8-10-19)25-20(24)14-11-15(21)13-16(22)12-14;1-2/h3-6,11-13,18-19,23H,2,7-10,21-22H2,1H3;1H3/b5-3-,17-6+;. The Bertz CT molecular complexity index is 676. The van der Waals surface area contributed by atoms with Crippen LogP contribution in [-0.4, -0.2) is 25.4 Å². The molecule has 0 spiro atoms. The summed E-state index contributed by atoms with van der Waals surface area (Å²) in [6, 6.07) is 4.76. The van der Waals surface area contributed by atoms with E-state index in [4.69, 9.17) is 21.0 Å². The molecule has 0 atom stereocenters. The summed E-state index contributed by atoms with van der Waals surface area (Å²) in [5.74, 6) is -0.394. The zero-order valence-electron chi connectivity index (χ0n) is 16.5. The van der Waals surface area contributed by atoms with Gasteiger partial charge in [-0.25, -0.2) is 4.79 Å². The molecule has 1 aliphatic carbocycles. The Morgan fingerprint density at radius 2 is 1.71 bits per heavy atom. The SMILES string of the molecule is C=C/C(=C\C=C/C)NOC1CCC(OC(=O)c2cc(N)cc(N)c2)CC1.CF. The number of carbonyl (C=O) groups excluding carboxylic acids is 1. The second-order valence-corrected chi connectivity index (χ2v) is 6.26. The van der Waals surface area contributed by atoms with Crippen molar-refractivity contribution >= 4 is 17.3 Å². The molecule has 28 heavy (non-hydrogen) atoms. The van der Waals surface area contributed by atoms with Gasteiger partial charge in [0.15, 0.2) is 0 Å². The summed E-state index contributed by atoms with van der Waals surface area (Å²) in [5, 5.41) is 0. The number of nitrogen functional groups attached to an aromatic ring is 2. The van der Waals surface area contributed by atoms with Crippen LogP contribution in [0.5, 0.6) is 0 Å². The van der Waals surface area contributed by atoms with E-state index in [0.29, 0.717) is 24.1 Å². The quantitative estimate of drug-likeness (QED) is 0.280. The van der Waals surface area contributed by atoms with Gasteiger partial charge in [0.1, 0.15) is 6.10 Å². The topological polar surface area (TPSA) is 99.6 Å². The first-order valence-corrected chi connectivity index (χ1v) is 9.13. The number of ether oxygens (including phenoxy) is 1. The normalized spacial score (nSPS) is 19.5. The van der Waals surface area contributed by atoms with Crippen LogP contribution in [0.15, 0.2) is 54.8 Å². The maximum atomic E-state index is 12.3. The Balaban J connectivity index is 0.00000190. The molecule has 1 aromatic carbocycles.